The van der Waals surface area contributed by atoms with Gasteiger partial charge >= 0.3 is 6.18 Å². The van der Waals surface area contributed by atoms with Gasteiger partial charge in [-0.1, -0.05) is 6.07 Å². The van der Waals surface area contributed by atoms with Gasteiger partial charge in [-0.05, 0) is 17.4 Å². The molecule has 1 rings (SSSR count). The lowest BCUT2D eigenvalue weighted by Crippen LogP contribution is -2.01. The molecule has 0 N–H and O–H groups in total. The minimum Gasteiger partial charge on any atom is -0.159 e. The molecule has 11 heavy (non-hydrogen) atoms. The first-order valence-corrected chi connectivity index (χ1v) is 3.59. The van der Waals surface area contributed by atoms with Crippen LogP contribution in [0.15, 0.2) is 17.5 Å². The van der Waals surface area contributed by atoms with E-state index in [4.69, 9.17) is 0 Å². The summed E-state index contributed by atoms with van der Waals surface area (Å²) in [7, 11) is 0. The van der Waals surface area contributed by atoms with Crippen molar-refractivity contribution in [1.29, 1.82) is 0 Å². The van der Waals surface area contributed by atoms with E-state index >= 15 is 0 Å². The van der Waals surface area contributed by atoms with Gasteiger partial charge in [0, 0.05) is 5.92 Å². The molecule has 58 valence electrons. The molecule has 0 spiro atoms. The van der Waals surface area contributed by atoms with Crippen LogP contribution in [0, 0.1) is 11.8 Å². The quantitative estimate of drug-likeness (QED) is 0.533. The van der Waals surface area contributed by atoms with Gasteiger partial charge < -0.3 is 0 Å². The van der Waals surface area contributed by atoms with Crippen LogP contribution in [0.25, 0.3) is 0 Å². The van der Waals surface area contributed by atoms with Gasteiger partial charge in [-0.2, -0.15) is 13.2 Å². The van der Waals surface area contributed by atoms with Gasteiger partial charge in [0.15, 0.2) is 0 Å². The summed E-state index contributed by atoms with van der Waals surface area (Å²) in [6.45, 7) is 0. The van der Waals surface area contributed by atoms with Gasteiger partial charge in [0.05, 0.1) is 4.88 Å². The van der Waals surface area contributed by atoms with E-state index in [-0.39, 0.29) is 0 Å². The lowest BCUT2D eigenvalue weighted by Gasteiger charge is -1.90. The van der Waals surface area contributed by atoms with E-state index in [0.717, 1.165) is 0 Å². The second kappa shape index (κ2) is 2.97. The van der Waals surface area contributed by atoms with Gasteiger partial charge in [-0.25, -0.2) is 0 Å². The summed E-state index contributed by atoms with van der Waals surface area (Å²) in [5.41, 5.74) is 0. The van der Waals surface area contributed by atoms with E-state index in [0.29, 0.717) is 4.88 Å². The Morgan fingerprint density at radius 1 is 1.36 bits per heavy atom. The van der Waals surface area contributed by atoms with Crippen molar-refractivity contribution in [2.24, 2.45) is 0 Å². The Labute approximate surface area is 65.7 Å². The molecule has 1 heterocycles. The summed E-state index contributed by atoms with van der Waals surface area (Å²) in [4.78, 5) is 0.433. The minimum atomic E-state index is -4.38. The molecule has 0 saturated heterocycles. The van der Waals surface area contributed by atoms with Crippen LogP contribution in [-0.2, 0) is 0 Å². The molecule has 0 saturated carbocycles. The molecule has 0 nitrogen and oxygen atoms in total. The van der Waals surface area contributed by atoms with Crippen molar-refractivity contribution in [2.75, 3.05) is 0 Å². The molecule has 1 aromatic heterocycles. The summed E-state index contributed by atoms with van der Waals surface area (Å²) < 4.78 is 34.4. The lowest BCUT2D eigenvalue weighted by molar-refractivity contribution is -0.0696. The molecule has 1 aromatic rings. The SMILES string of the molecule is FC(F)(F)C#Cc1cccs1. The van der Waals surface area contributed by atoms with E-state index in [2.05, 4.69) is 0 Å². The smallest absolute Gasteiger partial charge is 0.159 e. The fourth-order valence-corrected chi connectivity index (χ4v) is 1.05. The van der Waals surface area contributed by atoms with Crippen LogP contribution in [0.4, 0.5) is 13.2 Å². The van der Waals surface area contributed by atoms with E-state index in [1.165, 1.54) is 17.3 Å². The zero-order valence-electron chi connectivity index (χ0n) is 5.27. The fourth-order valence-electron chi connectivity index (χ4n) is 0.482. The highest BCUT2D eigenvalue weighted by Gasteiger charge is 2.22. The first-order chi connectivity index (χ1) is 5.08. The Morgan fingerprint density at radius 2 is 2.09 bits per heavy atom. The first kappa shape index (κ1) is 8.15. The summed E-state index contributed by atoms with van der Waals surface area (Å²) >= 11 is 1.19. The van der Waals surface area contributed by atoms with Gasteiger partial charge in [-0.15, -0.1) is 11.3 Å². The average molecular weight is 176 g/mol. The molecular formula is C7H3F3S. The maximum absolute atomic E-state index is 11.5. The molecule has 0 aliphatic rings. The normalized spacial score (nSPS) is 10.5. The zero-order valence-corrected chi connectivity index (χ0v) is 6.09. The molecule has 4 heteroatoms. The lowest BCUT2D eigenvalue weighted by atomic mass is 10.4. The largest absolute Gasteiger partial charge is 0.458 e. The highest BCUT2D eigenvalue weighted by atomic mass is 32.1. The van der Waals surface area contributed by atoms with Gasteiger partial charge in [0.2, 0.25) is 0 Å². The van der Waals surface area contributed by atoms with Crippen molar-refractivity contribution in [3.8, 4) is 11.8 Å². The predicted molar refractivity (Wildman–Crippen MR) is 37.3 cm³/mol. The number of thiophene rings is 1. The van der Waals surface area contributed by atoms with Crippen molar-refractivity contribution in [1.82, 2.24) is 0 Å². The van der Waals surface area contributed by atoms with Crippen molar-refractivity contribution < 1.29 is 13.2 Å². The Morgan fingerprint density at radius 3 is 2.55 bits per heavy atom. The Hall–Kier alpha value is -0.950. The molecule has 0 amide bonds. The molecule has 0 bridgehead atoms. The molecular weight excluding hydrogens is 173 g/mol. The molecule has 0 aromatic carbocycles. The Balaban J connectivity index is 2.74. The zero-order chi connectivity index (χ0) is 8.32. The van der Waals surface area contributed by atoms with Crippen molar-refractivity contribution in [3.63, 3.8) is 0 Å². The third-order valence-corrected chi connectivity index (χ3v) is 1.63. The van der Waals surface area contributed by atoms with E-state index in [9.17, 15) is 13.2 Å². The average Bonchev–Trinajstić information content (AvgIpc) is 2.32. The summed E-state index contributed by atoms with van der Waals surface area (Å²) in [5, 5.41) is 1.68. The number of halogens is 3. The monoisotopic (exact) mass is 176 g/mol. The molecule has 0 radical (unpaired) electrons. The van der Waals surface area contributed by atoms with Gasteiger partial charge in [-0.3, -0.25) is 0 Å². The van der Waals surface area contributed by atoms with Crippen LogP contribution in [0.2, 0.25) is 0 Å². The fraction of sp³-hybridized carbons (Fsp3) is 0.143. The standard InChI is InChI=1S/C7H3F3S/c8-7(9,10)4-3-6-2-1-5-11-6/h1-2,5H. The topological polar surface area (TPSA) is 0 Å². The molecule has 0 fully saturated rings. The van der Waals surface area contributed by atoms with Gasteiger partial charge in [0.1, 0.15) is 0 Å². The van der Waals surface area contributed by atoms with Crippen molar-refractivity contribution >= 4 is 11.3 Å². The number of hydrogen-bond acceptors (Lipinski definition) is 1. The maximum Gasteiger partial charge on any atom is 0.458 e. The minimum absolute atomic E-state index is 0.433. The van der Waals surface area contributed by atoms with Crippen LogP contribution in [0.1, 0.15) is 4.88 Å². The maximum atomic E-state index is 11.5. The predicted octanol–water partition coefficient (Wildman–Crippen LogP) is 2.66. The third kappa shape index (κ3) is 3.10. The van der Waals surface area contributed by atoms with E-state index in [1.807, 2.05) is 5.92 Å². The van der Waals surface area contributed by atoms with Crippen molar-refractivity contribution in [2.45, 2.75) is 6.18 Å². The summed E-state index contributed by atoms with van der Waals surface area (Å²) in [6.07, 6.45) is -4.38. The third-order valence-electron chi connectivity index (χ3n) is 0.849. The molecule has 0 aliphatic carbocycles. The highest BCUT2D eigenvalue weighted by molar-refractivity contribution is 7.10. The van der Waals surface area contributed by atoms with Crippen LogP contribution in [-0.4, -0.2) is 6.18 Å². The van der Waals surface area contributed by atoms with Crippen LogP contribution < -0.4 is 0 Å². The van der Waals surface area contributed by atoms with E-state index < -0.39 is 6.18 Å². The van der Waals surface area contributed by atoms with Crippen LogP contribution in [0.3, 0.4) is 0 Å². The van der Waals surface area contributed by atoms with Crippen molar-refractivity contribution in [3.05, 3.63) is 22.4 Å². The molecule has 0 aliphatic heterocycles. The number of rotatable bonds is 0. The van der Waals surface area contributed by atoms with E-state index in [1.54, 1.807) is 17.5 Å². The highest BCUT2D eigenvalue weighted by Crippen LogP contribution is 2.13. The summed E-state index contributed by atoms with van der Waals surface area (Å²) in [5.74, 6) is 3.19. The summed E-state index contributed by atoms with van der Waals surface area (Å²) in [6, 6.07) is 3.20. The first-order valence-electron chi connectivity index (χ1n) is 2.71. The van der Waals surface area contributed by atoms with Crippen LogP contribution in [0.5, 0.6) is 0 Å². The van der Waals surface area contributed by atoms with Crippen LogP contribution >= 0.6 is 11.3 Å². The second-order valence-electron chi connectivity index (χ2n) is 1.73. The van der Waals surface area contributed by atoms with Gasteiger partial charge in [0.25, 0.3) is 0 Å². The molecule has 0 unspecified atom stereocenters. The Kier molecular flexibility index (Phi) is 2.20. The second-order valence-corrected chi connectivity index (χ2v) is 2.67. The Bertz CT molecular complexity index is 273. The molecule has 0 atom stereocenters. The number of hydrogen-bond donors (Lipinski definition) is 0. The number of alkyl halides is 3.